The van der Waals surface area contributed by atoms with Crippen molar-refractivity contribution in [3.05, 3.63) is 0 Å². The van der Waals surface area contributed by atoms with E-state index in [1.807, 2.05) is 0 Å². The van der Waals surface area contributed by atoms with Crippen molar-refractivity contribution < 1.29 is 9.53 Å². The summed E-state index contributed by atoms with van der Waals surface area (Å²) in [6.45, 7) is 5.51. The van der Waals surface area contributed by atoms with Crippen molar-refractivity contribution in [3.63, 3.8) is 0 Å². The van der Waals surface area contributed by atoms with Crippen molar-refractivity contribution in [2.45, 2.75) is 51.6 Å². The molecule has 0 aliphatic heterocycles. The molecule has 1 amide bonds. The van der Waals surface area contributed by atoms with Crippen LogP contribution < -0.4 is 11.1 Å². The molecule has 17 heavy (non-hydrogen) atoms. The van der Waals surface area contributed by atoms with Crippen molar-refractivity contribution in [2.75, 3.05) is 19.7 Å². The molecule has 0 bridgehead atoms. The molecule has 1 aliphatic rings. The second-order valence-corrected chi connectivity index (χ2v) is 5.43. The van der Waals surface area contributed by atoms with Crippen molar-refractivity contribution in [1.82, 2.24) is 5.32 Å². The molecule has 1 fully saturated rings. The lowest BCUT2D eigenvalue weighted by molar-refractivity contribution is -0.135. The molecule has 4 heteroatoms. The monoisotopic (exact) mass is 242 g/mol. The zero-order chi connectivity index (χ0) is 12.7. The van der Waals surface area contributed by atoms with Crippen LogP contribution in [-0.4, -0.2) is 31.2 Å². The fraction of sp³-hybridized carbons (Fsp3) is 0.923. The molecule has 0 saturated heterocycles. The molecule has 100 valence electrons. The van der Waals surface area contributed by atoms with E-state index in [4.69, 9.17) is 10.5 Å². The minimum absolute atomic E-state index is 0.0305. The lowest BCUT2D eigenvalue weighted by Crippen LogP contribution is -2.45. The molecule has 0 radical (unpaired) electrons. The van der Waals surface area contributed by atoms with Crippen molar-refractivity contribution in [3.8, 4) is 0 Å². The van der Waals surface area contributed by atoms with Crippen LogP contribution in [0, 0.1) is 5.92 Å². The van der Waals surface area contributed by atoms with Gasteiger partial charge in [-0.25, -0.2) is 0 Å². The predicted octanol–water partition coefficient (Wildman–Crippen LogP) is 1.44. The third-order valence-electron chi connectivity index (χ3n) is 3.35. The Labute approximate surface area is 104 Å². The number of carbonyl (C=O) groups excluding carboxylic acids is 1. The molecule has 4 nitrogen and oxygen atoms in total. The Morgan fingerprint density at radius 3 is 2.53 bits per heavy atom. The lowest BCUT2D eigenvalue weighted by atomic mass is 9.85. The van der Waals surface area contributed by atoms with Gasteiger partial charge in [0.25, 0.3) is 0 Å². The fourth-order valence-electron chi connectivity index (χ4n) is 2.19. The molecular formula is C13H26N2O2. The van der Waals surface area contributed by atoms with Gasteiger partial charge in [-0.3, -0.25) is 4.79 Å². The topological polar surface area (TPSA) is 64.3 Å². The maximum Gasteiger partial charge on any atom is 0.246 e. The highest BCUT2D eigenvalue weighted by Crippen LogP contribution is 2.30. The largest absolute Gasteiger partial charge is 0.364 e. The molecule has 1 rings (SSSR count). The number of amides is 1. The second kappa shape index (κ2) is 6.97. The summed E-state index contributed by atoms with van der Waals surface area (Å²) >= 11 is 0. The third-order valence-corrected chi connectivity index (χ3v) is 3.35. The van der Waals surface area contributed by atoms with Gasteiger partial charge in [0.05, 0.1) is 5.60 Å². The first-order valence-electron chi connectivity index (χ1n) is 6.69. The van der Waals surface area contributed by atoms with Gasteiger partial charge >= 0.3 is 0 Å². The van der Waals surface area contributed by atoms with E-state index in [0.717, 1.165) is 25.7 Å². The van der Waals surface area contributed by atoms with E-state index in [9.17, 15) is 4.79 Å². The molecule has 0 atom stereocenters. The zero-order valence-corrected chi connectivity index (χ0v) is 11.1. The highest BCUT2D eigenvalue weighted by Gasteiger charge is 2.32. The van der Waals surface area contributed by atoms with Crippen LogP contribution in [0.3, 0.4) is 0 Å². The number of ether oxygens (including phenoxy) is 1. The standard InChI is InChI=1S/C13H26N2O2/c1-11(2)8-15-12(16)9-17-13(10-14)6-4-3-5-7-13/h11H,3-10,14H2,1-2H3,(H,15,16). The summed E-state index contributed by atoms with van der Waals surface area (Å²) in [7, 11) is 0. The molecule has 0 unspecified atom stereocenters. The molecule has 3 N–H and O–H groups in total. The molecule has 0 aromatic carbocycles. The van der Waals surface area contributed by atoms with Crippen LogP contribution in [0.25, 0.3) is 0 Å². The molecule has 0 aromatic heterocycles. The maximum atomic E-state index is 11.6. The number of nitrogens with two attached hydrogens (primary N) is 1. The average Bonchev–Trinajstić information content (AvgIpc) is 2.35. The average molecular weight is 242 g/mol. The van der Waals surface area contributed by atoms with Gasteiger partial charge in [-0.2, -0.15) is 0 Å². The van der Waals surface area contributed by atoms with Crippen LogP contribution in [0.2, 0.25) is 0 Å². The molecule has 1 aliphatic carbocycles. The van der Waals surface area contributed by atoms with Gasteiger partial charge in [0.1, 0.15) is 6.61 Å². The van der Waals surface area contributed by atoms with Gasteiger partial charge in [0.2, 0.25) is 5.91 Å². The number of nitrogens with one attached hydrogen (secondary N) is 1. The summed E-state index contributed by atoms with van der Waals surface area (Å²) in [5.74, 6) is 0.439. The number of hydrogen-bond donors (Lipinski definition) is 2. The van der Waals surface area contributed by atoms with E-state index in [2.05, 4.69) is 19.2 Å². The third kappa shape index (κ3) is 5.04. The Morgan fingerprint density at radius 1 is 1.35 bits per heavy atom. The first-order valence-corrected chi connectivity index (χ1v) is 6.69. The predicted molar refractivity (Wildman–Crippen MR) is 68.7 cm³/mol. The van der Waals surface area contributed by atoms with E-state index in [1.165, 1.54) is 6.42 Å². The van der Waals surface area contributed by atoms with E-state index in [0.29, 0.717) is 19.0 Å². The Kier molecular flexibility index (Phi) is 5.92. The Hall–Kier alpha value is -0.610. The minimum Gasteiger partial charge on any atom is -0.364 e. The van der Waals surface area contributed by atoms with E-state index in [1.54, 1.807) is 0 Å². The van der Waals surface area contributed by atoms with Gasteiger partial charge < -0.3 is 15.8 Å². The quantitative estimate of drug-likeness (QED) is 0.740. The van der Waals surface area contributed by atoms with Gasteiger partial charge in [0.15, 0.2) is 0 Å². The summed E-state index contributed by atoms with van der Waals surface area (Å²) in [6.07, 6.45) is 5.54. The van der Waals surface area contributed by atoms with Crippen molar-refractivity contribution in [1.29, 1.82) is 0 Å². The number of rotatable bonds is 6. The summed E-state index contributed by atoms with van der Waals surface area (Å²) in [4.78, 5) is 11.6. The van der Waals surface area contributed by atoms with E-state index < -0.39 is 0 Å². The van der Waals surface area contributed by atoms with Crippen LogP contribution in [0.5, 0.6) is 0 Å². The maximum absolute atomic E-state index is 11.6. The smallest absolute Gasteiger partial charge is 0.246 e. The summed E-state index contributed by atoms with van der Waals surface area (Å²) in [5.41, 5.74) is 5.55. The molecule has 0 aromatic rings. The molecule has 0 spiro atoms. The highest BCUT2D eigenvalue weighted by molar-refractivity contribution is 5.77. The summed E-state index contributed by atoms with van der Waals surface area (Å²) < 4.78 is 5.78. The van der Waals surface area contributed by atoms with Crippen LogP contribution in [0.1, 0.15) is 46.0 Å². The van der Waals surface area contributed by atoms with E-state index in [-0.39, 0.29) is 18.1 Å². The SMILES string of the molecule is CC(C)CNC(=O)COC1(CN)CCCCC1. The Balaban J connectivity index is 2.29. The summed E-state index contributed by atoms with van der Waals surface area (Å²) in [6, 6.07) is 0. The Morgan fingerprint density at radius 2 is 2.00 bits per heavy atom. The van der Waals surface area contributed by atoms with E-state index >= 15 is 0 Å². The molecule has 1 saturated carbocycles. The number of carbonyl (C=O) groups is 1. The highest BCUT2D eigenvalue weighted by atomic mass is 16.5. The van der Waals surface area contributed by atoms with Crippen molar-refractivity contribution >= 4 is 5.91 Å². The van der Waals surface area contributed by atoms with Crippen molar-refractivity contribution in [2.24, 2.45) is 11.7 Å². The second-order valence-electron chi connectivity index (χ2n) is 5.43. The minimum atomic E-state index is -0.243. The summed E-state index contributed by atoms with van der Waals surface area (Å²) in [5, 5.41) is 2.86. The van der Waals surface area contributed by atoms with Crippen LogP contribution in [-0.2, 0) is 9.53 Å². The Bertz CT molecular complexity index is 236. The molecule has 0 heterocycles. The van der Waals surface area contributed by atoms with Crippen LogP contribution in [0.4, 0.5) is 0 Å². The lowest BCUT2D eigenvalue weighted by Gasteiger charge is -2.35. The number of hydrogen-bond acceptors (Lipinski definition) is 3. The first kappa shape index (κ1) is 14.5. The zero-order valence-electron chi connectivity index (χ0n) is 11.1. The van der Waals surface area contributed by atoms with Gasteiger partial charge in [-0.1, -0.05) is 33.1 Å². The van der Waals surface area contributed by atoms with Crippen LogP contribution >= 0.6 is 0 Å². The van der Waals surface area contributed by atoms with Gasteiger partial charge in [0, 0.05) is 13.1 Å². The van der Waals surface area contributed by atoms with Crippen LogP contribution in [0.15, 0.2) is 0 Å². The van der Waals surface area contributed by atoms with Gasteiger partial charge in [-0.15, -0.1) is 0 Å². The van der Waals surface area contributed by atoms with Gasteiger partial charge in [-0.05, 0) is 18.8 Å². The first-order chi connectivity index (χ1) is 8.08. The fourth-order valence-corrected chi connectivity index (χ4v) is 2.19. The normalized spacial score (nSPS) is 19.3. The molecular weight excluding hydrogens is 216 g/mol.